The van der Waals surface area contributed by atoms with Crippen molar-refractivity contribution in [2.75, 3.05) is 7.11 Å². The third-order valence-corrected chi connectivity index (χ3v) is 2.20. The summed E-state index contributed by atoms with van der Waals surface area (Å²) in [6.45, 7) is 1.75. The Balaban J connectivity index is 2.79. The fourth-order valence-electron chi connectivity index (χ4n) is 1.25. The molecule has 0 saturated heterocycles. The van der Waals surface area contributed by atoms with Gasteiger partial charge in [0.25, 0.3) is 0 Å². The van der Waals surface area contributed by atoms with Crippen molar-refractivity contribution in [1.82, 2.24) is 5.32 Å². The SMILES string of the molecule is CCC(=O)NC(C#N)c1ccc(OC)cc1. The summed E-state index contributed by atoms with van der Waals surface area (Å²) in [5.41, 5.74) is 0.755. The predicted octanol–water partition coefficient (Wildman–Crippen LogP) is 1.79. The molecule has 0 aliphatic carbocycles. The van der Waals surface area contributed by atoms with E-state index in [1.807, 2.05) is 6.07 Å². The van der Waals surface area contributed by atoms with Gasteiger partial charge in [-0.3, -0.25) is 4.79 Å². The second kappa shape index (κ2) is 5.76. The van der Waals surface area contributed by atoms with E-state index in [-0.39, 0.29) is 5.91 Å². The van der Waals surface area contributed by atoms with Crippen molar-refractivity contribution in [2.45, 2.75) is 19.4 Å². The van der Waals surface area contributed by atoms with Gasteiger partial charge in [0.05, 0.1) is 13.2 Å². The summed E-state index contributed by atoms with van der Waals surface area (Å²) < 4.78 is 5.01. The van der Waals surface area contributed by atoms with Crippen molar-refractivity contribution >= 4 is 5.91 Å². The highest BCUT2D eigenvalue weighted by Crippen LogP contribution is 2.17. The summed E-state index contributed by atoms with van der Waals surface area (Å²) in [6, 6.07) is 8.51. The first-order chi connectivity index (χ1) is 7.71. The molecule has 0 fully saturated rings. The minimum absolute atomic E-state index is 0.137. The summed E-state index contributed by atoms with van der Waals surface area (Å²) in [5, 5.41) is 11.6. The maximum absolute atomic E-state index is 11.2. The van der Waals surface area contributed by atoms with Crippen LogP contribution in [0.25, 0.3) is 0 Å². The molecule has 1 N–H and O–H groups in total. The average molecular weight is 218 g/mol. The third kappa shape index (κ3) is 2.99. The van der Waals surface area contributed by atoms with Gasteiger partial charge in [-0.1, -0.05) is 19.1 Å². The molecule has 1 aromatic carbocycles. The zero-order chi connectivity index (χ0) is 12.0. The Kier molecular flexibility index (Phi) is 4.34. The number of hydrogen-bond donors (Lipinski definition) is 1. The Morgan fingerprint density at radius 2 is 2.12 bits per heavy atom. The van der Waals surface area contributed by atoms with E-state index in [1.165, 1.54) is 0 Å². The average Bonchev–Trinajstić information content (AvgIpc) is 2.35. The van der Waals surface area contributed by atoms with Crippen LogP contribution in [0.1, 0.15) is 24.9 Å². The number of rotatable bonds is 4. The number of ether oxygens (including phenoxy) is 1. The molecule has 0 heterocycles. The molecule has 0 radical (unpaired) electrons. The monoisotopic (exact) mass is 218 g/mol. The van der Waals surface area contributed by atoms with Gasteiger partial charge in [0.15, 0.2) is 0 Å². The molecule has 1 rings (SSSR count). The first kappa shape index (κ1) is 12.1. The molecule has 0 saturated carbocycles. The summed E-state index contributed by atoms with van der Waals surface area (Å²) >= 11 is 0. The Morgan fingerprint density at radius 3 is 2.56 bits per heavy atom. The van der Waals surface area contributed by atoms with Crippen LogP contribution in [0.15, 0.2) is 24.3 Å². The highest BCUT2D eigenvalue weighted by atomic mass is 16.5. The van der Waals surface area contributed by atoms with Crippen LogP contribution >= 0.6 is 0 Å². The maximum Gasteiger partial charge on any atom is 0.221 e. The minimum atomic E-state index is -0.599. The maximum atomic E-state index is 11.2. The molecule has 1 amide bonds. The second-order valence-corrected chi connectivity index (χ2v) is 3.26. The standard InChI is InChI=1S/C12H14N2O2/c1-3-12(15)14-11(8-13)9-4-6-10(16-2)7-5-9/h4-7,11H,3H2,1-2H3,(H,14,15). The van der Waals surface area contributed by atoms with Gasteiger partial charge in [0.2, 0.25) is 5.91 Å². The molecule has 1 unspecified atom stereocenters. The third-order valence-electron chi connectivity index (χ3n) is 2.20. The molecule has 0 spiro atoms. The van der Waals surface area contributed by atoms with Crippen molar-refractivity contribution < 1.29 is 9.53 Å². The smallest absolute Gasteiger partial charge is 0.221 e. The van der Waals surface area contributed by atoms with Gasteiger partial charge in [-0.05, 0) is 17.7 Å². The van der Waals surface area contributed by atoms with Crippen LogP contribution in [0.4, 0.5) is 0 Å². The predicted molar refractivity (Wildman–Crippen MR) is 59.8 cm³/mol. The largest absolute Gasteiger partial charge is 0.497 e. The molecular formula is C12H14N2O2. The Morgan fingerprint density at radius 1 is 1.50 bits per heavy atom. The Hall–Kier alpha value is -2.02. The van der Waals surface area contributed by atoms with E-state index in [2.05, 4.69) is 5.32 Å². The summed E-state index contributed by atoms with van der Waals surface area (Å²) in [7, 11) is 1.58. The van der Waals surface area contributed by atoms with Gasteiger partial charge in [0.1, 0.15) is 11.8 Å². The Labute approximate surface area is 94.8 Å². The highest BCUT2D eigenvalue weighted by Gasteiger charge is 2.12. The Bertz CT molecular complexity index is 392. The molecule has 84 valence electrons. The van der Waals surface area contributed by atoms with Crippen molar-refractivity contribution in [1.29, 1.82) is 5.26 Å². The van der Waals surface area contributed by atoms with E-state index < -0.39 is 6.04 Å². The number of benzene rings is 1. The molecule has 1 atom stereocenters. The number of amides is 1. The number of nitriles is 1. The molecule has 0 aromatic heterocycles. The number of methoxy groups -OCH3 is 1. The quantitative estimate of drug-likeness (QED) is 0.838. The van der Waals surface area contributed by atoms with Gasteiger partial charge >= 0.3 is 0 Å². The van der Waals surface area contributed by atoms with E-state index >= 15 is 0 Å². The molecule has 4 nitrogen and oxygen atoms in total. The lowest BCUT2D eigenvalue weighted by atomic mass is 10.1. The van der Waals surface area contributed by atoms with E-state index in [0.717, 1.165) is 11.3 Å². The van der Waals surface area contributed by atoms with Crippen molar-refractivity contribution in [3.63, 3.8) is 0 Å². The van der Waals surface area contributed by atoms with Crippen molar-refractivity contribution in [2.24, 2.45) is 0 Å². The van der Waals surface area contributed by atoms with Crippen molar-refractivity contribution in [3.05, 3.63) is 29.8 Å². The minimum Gasteiger partial charge on any atom is -0.497 e. The van der Waals surface area contributed by atoms with E-state index in [4.69, 9.17) is 10.00 Å². The lowest BCUT2D eigenvalue weighted by molar-refractivity contribution is -0.121. The second-order valence-electron chi connectivity index (χ2n) is 3.26. The molecule has 4 heteroatoms. The first-order valence-corrected chi connectivity index (χ1v) is 5.04. The topological polar surface area (TPSA) is 62.1 Å². The van der Waals surface area contributed by atoms with Gasteiger partial charge in [-0.25, -0.2) is 0 Å². The zero-order valence-corrected chi connectivity index (χ0v) is 9.36. The lowest BCUT2D eigenvalue weighted by Gasteiger charge is -2.11. The van der Waals surface area contributed by atoms with Gasteiger partial charge in [-0.15, -0.1) is 0 Å². The van der Waals surface area contributed by atoms with Gasteiger partial charge < -0.3 is 10.1 Å². The number of hydrogen-bond acceptors (Lipinski definition) is 3. The van der Waals surface area contributed by atoms with Crippen LogP contribution in [-0.4, -0.2) is 13.0 Å². The van der Waals surface area contributed by atoms with E-state index in [9.17, 15) is 4.79 Å². The molecule has 16 heavy (non-hydrogen) atoms. The van der Waals surface area contributed by atoms with Crippen molar-refractivity contribution in [3.8, 4) is 11.8 Å². The first-order valence-electron chi connectivity index (χ1n) is 5.04. The van der Waals surface area contributed by atoms with Crippen LogP contribution in [0, 0.1) is 11.3 Å². The molecule has 0 aliphatic rings. The summed E-state index contributed by atoms with van der Waals surface area (Å²) in [5.74, 6) is 0.588. The van der Waals surface area contributed by atoms with E-state index in [1.54, 1.807) is 38.3 Å². The highest BCUT2D eigenvalue weighted by molar-refractivity contribution is 5.76. The number of carbonyl (C=O) groups excluding carboxylic acids is 1. The fraction of sp³-hybridized carbons (Fsp3) is 0.333. The van der Waals surface area contributed by atoms with E-state index in [0.29, 0.717) is 6.42 Å². The van der Waals surface area contributed by atoms with Crippen LogP contribution in [-0.2, 0) is 4.79 Å². The molecule has 0 bridgehead atoms. The van der Waals surface area contributed by atoms with Crippen LogP contribution in [0.3, 0.4) is 0 Å². The van der Waals surface area contributed by atoms with Gasteiger partial charge in [-0.2, -0.15) is 5.26 Å². The summed E-state index contributed by atoms with van der Waals surface area (Å²) in [4.78, 5) is 11.2. The number of carbonyl (C=O) groups is 1. The zero-order valence-electron chi connectivity index (χ0n) is 9.36. The summed E-state index contributed by atoms with van der Waals surface area (Å²) in [6.07, 6.45) is 0.369. The van der Waals surface area contributed by atoms with Crippen LogP contribution < -0.4 is 10.1 Å². The van der Waals surface area contributed by atoms with Crippen LogP contribution in [0.2, 0.25) is 0 Å². The van der Waals surface area contributed by atoms with Crippen LogP contribution in [0.5, 0.6) is 5.75 Å². The molecular weight excluding hydrogens is 204 g/mol. The number of nitrogens with one attached hydrogen (secondary N) is 1. The normalized spacial score (nSPS) is 11.3. The fourth-order valence-corrected chi connectivity index (χ4v) is 1.25. The lowest BCUT2D eigenvalue weighted by Crippen LogP contribution is -2.26. The molecule has 1 aromatic rings. The van der Waals surface area contributed by atoms with Gasteiger partial charge in [0, 0.05) is 6.42 Å². The number of nitrogens with zero attached hydrogens (tertiary/aromatic N) is 1. The molecule has 0 aliphatic heterocycles.